The first-order chi connectivity index (χ1) is 22.8. The molecule has 0 atom stereocenters. The van der Waals surface area contributed by atoms with Crippen molar-refractivity contribution < 1.29 is 0 Å². The van der Waals surface area contributed by atoms with Gasteiger partial charge in [0.15, 0.2) is 0 Å². The van der Waals surface area contributed by atoms with E-state index in [-0.39, 0.29) is 0 Å². The molecule has 0 spiro atoms. The zero-order valence-electron chi connectivity index (χ0n) is 25.3. The first-order valence-corrected chi connectivity index (χ1v) is 15.9. The van der Waals surface area contributed by atoms with Crippen molar-refractivity contribution in [2.75, 3.05) is 0 Å². The molecule has 9 rings (SSSR count). The van der Waals surface area contributed by atoms with E-state index in [2.05, 4.69) is 182 Å². The van der Waals surface area contributed by atoms with Gasteiger partial charge in [0.25, 0.3) is 0 Å². The van der Waals surface area contributed by atoms with Crippen molar-refractivity contribution in [2.45, 2.75) is 0 Å². The van der Waals surface area contributed by atoms with Crippen LogP contribution in [0.2, 0.25) is 0 Å². The molecule has 0 unspecified atom stereocenters. The molecule has 0 fully saturated rings. The number of hydrogen-bond acceptors (Lipinski definition) is 0. The average molecular weight is 583 g/mol. The summed E-state index contributed by atoms with van der Waals surface area (Å²) < 4.78 is 0. The molecule has 9 aromatic rings. The first kappa shape index (κ1) is 26.4. The summed E-state index contributed by atoms with van der Waals surface area (Å²) in [5, 5.41) is 10.1. The maximum Gasteiger partial charge on any atom is -0.00262 e. The van der Waals surface area contributed by atoms with Crippen LogP contribution in [0.1, 0.15) is 0 Å². The third-order valence-corrected chi connectivity index (χ3v) is 9.44. The van der Waals surface area contributed by atoms with Crippen molar-refractivity contribution in [2.24, 2.45) is 0 Å². The van der Waals surface area contributed by atoms with Crippen LogP contribution < -0.4 is 0 Å². The number of fused-ring (bicyclic) bond motifs is 4. The molecular formula is C46H30. The van der Waals surface area contributed by atoms with Crippen molar-refractivity contribution in [3.8, 4) is 44.5 Å². The smallest absolute Gasteiger partial charge is 0.00262 e. The van der Waals surface area contributed by atoms with E-state index in [0.29, 0.717) is 0 Å². The van der Waals surface area contributed by atoms with E-state index >= 15 is 0 Å². The second-order valence-corrected chi connectivity index (χ2v) is 12.1. The minimum atomic E-state index is 1.23. The molecule has 214 valence electrons. The monoisotopic (exact) mass is 582 g/mol. The van der Waals surface area contributed by atoms with Gasteiger partial charge >= 0.3 is 0 Å². The predicted molar refractivity (Wildman–Crippen MR) is 198 cm³/mol. The summed E-state index contributed by atoms with van der Waals surface area (Å²) in [6, 6.07) is 66.5. The third kappa shape index (κ3) is 4.38. The summed E-state index contributed by atoms with van der Waals surface area (Å²) >= 11 is 0. The van der Waals surface area contributed by atoms with Crippen molar-refractivity contribution >= 4 is 43.1 Å². The summed E-state index contributed by atoms with van der Waals surface area (Å²) in [6.07, 6.45) is 0. The molecule has 0 aliphatic carbocycles. The molecule has 0 aliphatic rings. The number of rotatable bonds is 4. The average Bonchev–Trinajstić information content (AvgIpc) is 3.13. The van der Waals surface area contributed by atoms with Gasteiger partial charge in [0.05, 0.1) is 0 Å². The van der Waals surface area contributed by atoms with Crippen LogP contribution in [0.4, 0.5) is 0 Å². The molecule has 0 aliphatic heterocycles. The molecule has 46 heavy (non-hydrogen) atoms. The van der Waals surface area contributed by atoms with Gasteiger partial charge < -0.3 is 0 Å². The van der Waals surface area contributed by atoms with Gasteiger partial charge in [-0.2, -0.15) is 0 Å². The van der Waals surface area contributed by atoms with Gasteiger partial charge in [-0.1, -0.05) is 170 Å². The molecule has 0 saturated carbocycles. The molecule has 0 N–H and O–H groups in total. The summed E-state index contributed by atoms with van der Waals surface area (Å²) in [5.41, 5.74) is 10.0. The molecule has 0 radical (unpaired) electrons. The number of benzene rings is 9. The van der Waals surface area contributed by atoms with Crippen LogP contribution in [-0.4, -0.2) is 0 Å². The largest absolute Gasteiger partial charge is 0.0622 e. The first-order valence-electron chi connectivity index (χ1n) is 15.9. The highest BCUT2D eigenvalue weighted by molar-refractivity contribution is 6.21. The zero-order valence-corrected chi connectivity index (χ0v) is 25.3. The fourth-order valence-electron chi connectivity index (χ4n) is 7.26. The molecular weight excluding hydrogens is 553 g/mol. The Morgan fingerprint density at radius 1 is 0.217 bits per heavy atom. The lowest BCUT2D eigenvalue weighted by atomic mass is 9.85. The zero-order chi connectivity index (χ0) is 30.5. The SMILES string of the molecule is c1ccc(-c2ccc(-c3c4ccccc4c(-c4ccc5ccc(-c6cccc7ccccc67)cc5c4)c4ccccc34)cc2)cc1. The van der Waals surface area contributed by atoms with Crippen molar-refractivity contribution in [3.05, 3.63) is 182 Å². The van der Waals surface area contributed by atoms with E-state index < -0.39 is 0 Å². The minimum Gasteiger partial charge on any atom is -0.0622 e. The highest BCUT2D eigenvalue weighted by Gasteiger charge is 2.17. The predicted octanol–water partition coefficient (Wildman–Crippen LogP) is 13.0. The van der Waals surface area contributed by atoms with Crippen molar-refractivity contribution in [1.29, 1.82) is 0 Å². The van der Waals surface area contributed by atoms with Gasteiger partial charge in [0.1, 0.15) is 0 Å². The van der Waals surface area contributed by atoms with Crippen LogP contribution in [0.15, 0.2) is 182 Å². The Morgan fingerprint density at radius 2 is 0.674 bits per heavy atom. The lowest BCUT2D eigenvalue weighted by Crippen LogP contribution is -1.91. The molecule has 0 nitrogen and oxygen atoms in total. The highest BCUT2D eigenvalue weighted by Crippen LogP contribution is 2.44. The minimum absolute atomic E-state index is 1.23. The number of hydrogen-bond donors (Lipinski definition) is 0. The fourth-order valence-corrected chi connectivity index (χ4v) is 7.26. The molecule has 0 amide bonds. The lowest BCUT2D eigenvalue weighted by Gasteiger charge is -2.18. The van der Waals surface area contributed by atoms with Crippen molar-refractivity contribution in [3.63, 3.8) is 0 Å². The Balaban J connectivity index is 1.24. The Kier molecular flexibility index (Phi) is 6.25. The standard InChI is InChI=1S/C46H30/c1-2-11-31(12-3-1)32-21-25-35(26-22-32)45-41-16-6-8-18-43(41)46(44-19-9-7-17-42(44)45)37-28-24-33-23-27-36(29-38(33)30-37)40-20-10-14-34-13-4-5-15-39(34)40/h1-30H. The van der Waals surface area contributed by atoms with Crippen LogP contribution in [-0.2, 0) is 0 Å². The maximum atomic E-state index is 2.38. The summed E-state index contributed by atoms with van der Waals surface area (Å²) in [6.45, 7) is 0. The van der Waals surface area contributed by atoms with E-state index in [0.717, 1.165) is 0 Å². The molecule has 9 aromatic carbocycles. The van der Waals surface area contributed by atoms with Crippen LogP contribution in [0.25, 0.3) is 87.6 Å². The molecule has 0 aromatic heterocycles. The second-order valence-electron chi connectivity index (χ2n) is 12.1. The van der Waals surface area contributed by atoms with Gasteiger partial charge in [-0.3, -0.25) is 0 Å². The Hall–Kier alpha value is -5.98. The quantitative estimate of drug-likeness (QED) is 0.181. The maximum absolute atomic E-state index is 2.38. The third-order valence-electron chi connectivity index (χ3n) is 9.44. The highest BCUT2D eigenvalue weighted by atomic mass is 14.2. The fraction of sp³-hybridized carbons (Fsp3) is 0. The van der Waals surface area contributed by atoms with Crippen molar-refractivity contribution in [1.82, 2.24) is 0 Å². The van der Waals surface area contributed by atoms with Gasteiger partial charge in [-0.05, 0) is 99.7 Å². The van der Waals surface area contributed by atoms with E-state index in [1.165, 1.54) is 87.6 Å². The Morgan fingerprint density at radius 3 is 1.35 bits per heavy atom. The summed E-state index contributed by atoms with van der Waals surface area (Å²) in [4.78, 5) is 0. The van der Waals surface area contributed by atoms with E-state index in [1.54, 1.807) is 0 Å². The molecule has 0 heterocycles. The summed E-state index contributed by atoms with van der Waals surface area (Å²) in [7, 11) is 0. The van der Waals surface area contributed by atoms with E-state index in [4.69, 9.17) is 0 Å². The van der Waals surface area contributed by atoms with Gasteiger partial charge in [0, 0.05) is 0 Å². The molecule has 0 bridgehead atoms. The summed E-state index contributed by atoms with van der Waals surface area (Å²) in [5.74, 6) is 0. The van der Waals surface area contributed by atoms with Gasteiger partial charge in [-0.25, -0.2) is 0 Å². The van der Waals surface area contributed by atoms with Crippen LogP contribution >= 0.6 is 0 Å². The van der Waals surface area contributed by atoms with Gasteiger partial charge in [0.2, 0.25) is 0 Å². The van der Waals surface area contributed by atoms with E-state index in [1.807, 2.05) is 0 Å². The van der Waals surface area contributed by atoms with Crippen LogP contribution in [0, 0.1) is 0 Å². The van der Waals surface area contributed by atoms with Crippen LogP contribution in [0.3, 0.4) is 0 Å². The molecule has 0 heteroatoms. The Bertz CT molecular complexity index is 2490. The van der Waals surface area contributed by atoms with E-state index in [9.17, 15) is 0 Å². The lowest BCUT2D eigenvalue weighted by molar-refractivity contribution is 1.61. The topological polar surface area (TPSA) is 0 Å². The second kappa shape index (κ2) is 10.9. The van der Waals surface area contributed by atoms with Crippen LogP contribution in [0.5, 0.6) is 0 Å². The van der Waals surface area contributed by atoms with Gasteiger partial charge in [-0.15, -0.1) is 0 Å². The Labute approximate surface area is 268 Å². The normalized spacial score (nSPS) is 11.5. The molecule has 0 saturated heterocycles.